The first-order valence-corrected chi connectivity index (χ1v) is 11.6. The van der Waals surface area contributed by atoms with Crippen LogP contribution in [0.15, 0.2) is 28.7 Å². The van der Waals surface area contributed by atoms with Crippen molar-refractivity contribution in [1.82, 2.24) is 9.88 Å². The number of carbonyl (C=O) groups excluding carboxylic acids is 1. The number of esters is 1. The van der Waals surface area contributed by atoms with Gasteiger partial charge in [0.25, 0.3) is 0 Å². The number of hydrogen-bond donors (Lipinski definition) is 0. The maximum atomic E-state index is 12.1. The van der Waals surface area contributed by atoms with E-state index in [4.69, 9.17) is 26.1 Å². The highest BCUT2D eigenvalue weighted by atomic mass is 79.9. The van der Waals surface area contributed by atoms with E-state index in [1.165, 1.54) is 11.1 Å². The normalized spacial score (nSPS) is 26.9. The van der Waals surface area contributed by atoms with Crippen molar-refractivity contribution in [2.75, 3.05) is 26.8 Å². The van der Waals surface area contributed by atoms with Crippen LogP contribution in [0, 0.1) is 17.8 Å². The van der Waals surface area contributed by atoms with Crippen LogP contribution in [0.25, 0.3) is 11.3 Å². The first-order chi connectivity index (χ1) is 14.5. The fourth-order valence-corrected chi connectivity index (χ4v) is 5.93. The van der Waals surface area contributed by atoms with E-state index in [1.807, 2.05) is 25.1 Å². The average molecular weight is 492 g/mol. The van der Waals surface area contributed by atoms with E-state index < -0.39 is 0 Å². The molecule has 7 heteroatoms. The summed E-state index contributed by atoms with van der Waals surface area (Å²) in [4.78, 5) is 19.4. The number of methoxy groups -OCH3 is 1. The number of aryl methyl sites for hydroxylation is 1. The second-order valence-corrected chi connectivity index (χ2v) is 9.54. The fraction of sp³-hybridized carbons (Fsp3) is 0.478. The summed E-state index contributed by atoms with van der Waals surface area (Å²) in [6, 6.07) is 8.33. The SMILES string of the molecule is CCOC(=O)C1C2CN(C3CCc4cc(-c5cccc(Br)c5Cl)nc(OC)c43)CC21. The third-order valence-electron chi connectivity index (χ3n) is 6.77. The zero-order valence-electron chi connectivity index (χ0n) is 17.0. The standard InChI is InChI=1S/C23H24BrClN2O3/c1-3-30-23(28)20-14-10-27(11-15(14)20)18-8-7-12-9-17(26-22(29-2)19(12)18)13-5-4-6-16(24)21(13)25/h4-6,9,14-15,18,20H,3,7-8,10-11H2,1-2H3. The Kier molecular flexibility index (Phi) is 5.28. The lowest BCUT2D eigenvalue weighted by Crippen LogP contribution is -2.30. The Hall–Kier alpha value is -1.63. The Balaban J connectivity index is 1.40. The number of piperidine rings is 1. The molecular weight excluding hydrogens is 468 g/mol. The molecule has 5 rings (SSSR count). The lowest BCUT2D eigenvalue weighted by molar-refractivity contribution is -0.145. The van der Waals surface area contributed by atoms with Crippen LogP contribution < -0.4 is 4.74 Å². The monoisotopic (exact) mass is 490 g/mol. The van der Waals surface area contributed by atoms with Crippen LogP contribution in [-0.4, -0.2) is 42.7 Å². The average Bonchev–Trinajstić information content (AvgIpc) is 3.05. The summed E-state index contributed by atoms with van der Waals surface area (Å²) in [5, 5.41) is 0.659. The maximum absolute atomic E-state index is 12.1. The highest BCUT2D eigenvalue weighted by Crippen LogP contribution is 2.56. The number of carbonyl (C=O) groups is 1. The molecule has 1 saturated heterocycles. The molecule has 0 N–H and O–H groups in total. The minimum absolute atomic E-state index is 0.0197. The molecule has 3 unspecified atom stereocenters. The lowest BCUT2D eigenvalue weighted by Gasteiger charge is -2.28. The number of pyridine rings is 1. The number of benzene rings is 1. The molecule has 158 valence electrons. The van der Waals surface area contributed by atoms with Gasteiger partial charge in [0.1, 0.15) is 0 Å². The Bertz CT molecular complexity index is 1000. The summed E-state index contributed by atoms with van der Waals surface area (Å²) in [6.07, 6.45) is 2.04. The largest absolute Gasteiger partial charge is 0.481 e. The minimum atomic E-state index is -0.0197. The number of ether oxygens (including phenoxy) is 2. The van der Waals surface area contributed by atoms with Gasteiger partial charge in [-0.3, -0.25) is 9.69 Å². The first kappa shape index (κ1) is 20.3. The summed E-state index contributed by atoms with van der Waals surface area (Å²) < 4.78 is 11.8. The van der Waals surface area contributed by atoms with Crippen LogP contribution in [0.1, 0.15) is 30.5 Å². The van der Waals surface area contributed by atoms with Crippen molar-refractivity contribution in [3.63, 3.8) is 0 Å². The van der Waals surface area contributed by atoms with Crippen molar-refractivity contribution in [3.05, 3.63) is 44.9 Å². The van der Waals surface area contributed by atoms with Gasteiger partial charge < -0.3 is 9.47 Å². The Morgan fingerprint density at radius 1 is 1.33 bits per heavy atom. The third-order valence-corrected chi connectivity index (χ3v) is 8.07. The highest BCUT2D eigenvalue weighted by molar-refractivity contribution is 9.10. The quantitative estimate of drug-likeness (QED) is 0.557. The van der Waals surface area contributed by atoms with Crippen LogP contribution in [0.2, 0.25) is 5.02 Å². The van der Waals surface area contributed by atoms with Gasteiger partial charge in [0, 0.05) is 34.7 Å². The molecule has 1 aromatic carbocycles. The zero-order chi connectivity index (χ0) is 21.0. The third kappa shape index (κ3) is 3.24. The van der Waals surface area contributed by atoms with Gasteiger partial charge in [-0.1, -0.05) is 23.7 Å². The molecule has 0 radical (unpaired) electrons. The van der Waals surface area contributed by atoms with Crippen LogP contribution in [0.4, 0.5) is 0 Å². The van der Waals surface area contributed by atoms with Gasteiger partial charge in [0.15, 0.2) is 0 Å². The molecule has 5 nitrogen and oxygen atoms in total. The summed E-state index contributed by atoms with van der Waals surface area (Å²) in [5.74, 6) is 1.64. The smallest absolute Gasteiger partial charge is 0.309 e. The number of halogens is 2. The van der Waals surface area contributed by atoms with Crippen molar-refractivity contribution in [2.24, 2.45) is 17.8 Å². The van der Waals surface area contributed by atoms with Crippen molar-refractivity contribution < 1.29 is 14.3 Å². The summed E-state index contributed by atoms with van der Waals surface area (Å²) in [5.41, 5.74) is 4.21. The minimum Gasteiger partial charge on any atom is -0.481 e. The number of hydrogen-bond acceptors (Lipinski definition) is 5. The molecule has 30 heavy (non-hydrogen) atoms. The van der Waals surface area contributed by atoms with Crippen molar-refractivity contribution in [2.45, 2.75) is 25.8 Å². The predicted octanol–water partition coefficient (Wildman–Crippen LogP) is 4.90. The molecule has 0 bridgehead atoms. The molecule has 3 aliphatic rings. The molecule has 1 aromatic heterocycles. The molecule has 0 amide bonds. The van der Waals surface area contributed by atoms with E-state index in [0.717, 1.165) is 41.7 Å². The summed E-state index contributed by atoms with van der Waals surface area (Å²) in [6.45, 7) is 4.22. The molecule has 0 spiro atoms. The second-order valence-electron chi connectivity index (χ2n) is 8.30. The molecular formula is C23H24BrClN2O3. The molecule has 2 fully saturated rings. The zero-order valence-corrected chi connectivity index (χ0v) is 19.4. The van der Waals surface area contributed by atoms with Gasteiger partial charge in [-0.15, -0.1) is 0 Å². The number of rotatable bonds is 5. The molecule has 2 aromatic rings. The maximum Gasteiger partial charge on any atom is 0.309 e. The topological polar surface area (TPSA) is 51.7 Å². The summed E-state index contributed by atoms with van der Waals surface area (Å²) >= 11 is 10.0. The van der Waals surface area contributed by atoms with Crippen LogP contribution in [-0.2, 0) is 16.0 Å². The molecule has 2 heterocycles. The number of aromatic nitrogens is 1. The molecule has 1 saturated carbocycles. The van der Waals surface area contributed by atoms with Gasteiger partial charge in [0.2, 0.25) is 5.88 Å². The van der Waals surface area contributed by atoms with Crippen LogP contribution >= 0.6 is 27.5 Å². The van der Waals surface area contributed by atoms with E-state index in [2.05, 4.69) is 26.9 Å². The number of fused-ring (bicyclic) bond motifs is 2. The van der Waals surface area contributed by atoms with Gasteiger partial charge in [-0.2, -0.15) is 0 Å². The van der Waals surface area contributed by atoms with Crippen molar-refractivity contribution in [1.29, 1.82) is 0 Å². The van der Waals surface area contributed by atoms with E-state index in [1.54, 1.807) is 7.11 Å². The van der Waals surface area contributed by atoms with E-state index in [9.17, 15) is 4.79 Å². The first-order valence-electron chi connectivity index (χ1n) is 10.5. The predicted molar refractivity (Wildman–Crippen MR) is 119 cm³/mol. The van der Waals surface area contributed by atoms with E-state index in [0.29, 0.717) is 35.4 Å². The van der Waals surface area contributed by atoms with Crippen molar-refractivity contribution >= 4 is 33.5 Å². The Labute approximate surface area is 189 Å². The van der Waals surface area contributed by atoms with Gasteiger partial charge in [0.05, 0.1) is 30.4 Å². The molecule has 2 aliphatic carbocycles. The second kappa shape index (κ2) is 7.81. The Morgan fingerprint density at radius 2 is 2.10 bits per heavy atom. The van der Waals surface area contributed by atoms with E-state index >= 15 is 0 Å². The van der Waals surface area contributed by atoms with Crippen LogP contribution in [0.5, 0.6) is 5.88 Å². The number of nitrogens with zero attached hydrogens (tertiary/aromatic N) is 2. The molecule has 3 atom stereocenters. The number of likely N-dealkylation sites (tertiary alicyclic amines) is 1. The lowest BCUT2D eigenvalue weighted by atomic mass is 10.0. The van der Waals surface area contributed by atoms with E-state index in [-0.39, 0.29) is 11.9 Å². The molecule has 1 aliphatic heterocycles. The highest BCUT2D eigenvalue weighted by Gasteiger charge is 2.61. The van der Waals surface area contributed by atoms with Crippen molar-refractivity contribution in [3.8, 4) is 17.1 Å². The van der Waals surface area contributed by atoms with Crippen LogP contribution in [0.3, 0.4) is 0 Å². The van der Waals surface area contributed by atoms with Gasteiger partial charge in [-0.05, 0) is 65.2 Å². The van der Waals surface area contributed by atoms with Gasteiger partial charge in [-0.25, -0.2) is 4.98 Å². The van der Waals surface area contributed by atoms with Gasteiger partial charge >= 0.3 is 5.97 Å². The summed E-state index contributed by atoms with van der Waals surface area (Å²) in [7, 11) is 1.68. The fourth-order valence-electron chi connectivity index (χ4n) is 5.34. The Morgan fingerprint density at radius 3 is 2.80 bits per heavy atom.